The summed E-state index contributed by atoms with van der Waals surface area (Å²) in [5.41, 5.74) is 1.84. The van der Waals surface area contributed by atoms with Crippen LogP contribution in [-0.2, 0) is 6.54 Å². The molecule has 0 saturated carbocycles. The highest BCUT2D eigenvalue weighted by atomic mass is 16.3. The molecular weight excluding hydrogens is 306 g/mol. The molecule has 2 aromatic rings. The summed E-state index contributed by atoms with van der Waals surface area (Å²) in [6.45, 7) is 5.24. The Morgan fingerprint density at radius 2 is 2.00 bits per heavy atom. The average Bonchev–Trinajstić information content (AvgIpc) is 3.12. The number of carbonyl (C=O) groups is 1. The molecule has 7 nitrogen and oxygen atoms in total. The number of amides is 2. The van der Waals surface area contributed by atoms with Crippen LogP contribution in [0, 0.1) is 5.41 Å². The standard InChI is InChI=1S/C17H25N5O2/c1-17(2,11-23)8-3-9-19-16(24)20-10-14-4-6-15(7-5-14)22-13-18-12-21-22/h4-7,12-13,23H,3,8-11H2,1-2H3,(H2,19,20,24). The Labute approximate surface area is 142 Å². The van der Waals surface area contributed by atoms with Crippen LogP contribution in [0.15, 0.2) is 36.9 Å². The minimum Gasteiger partial charge on any atom is -0.396 e. The number of carbonyl (C=O) groups excluding carboxylic acids is 1. The smallest absolute Gasteiger partial charge is 0.315 e. The Kier molecular flexibility index (Phi) is 6.31. The molecule has 7 heteroatoms. The fourth-order valence-corrected chi connectivity index (χ4v) is 2.20. The molecule has 1 aromatic carbocycles. The van der Waals surface area contributed by atoms with Gasteiger partial charge in [-0.05, 0) is 36.0 Å². The van der Waals surface area contributed by atoms with Crippen molar-refractivity contribution in [2.45, 2.75) is 33.2 Å². The van der Waals surface area contributed by atoms with Gasteiger partial charge in [-0.2, -0.15) is 5.10 Å². The summed E-state index contributed by atoms with van der Waals surface area (Å²) in [5, 5.41) is 18.9. The van der Waals surface area contributed by atoms with Crippen LogP contribution in [0.1, 0.15) is 32.3 Å². The molecule has 0 aliphatic rings. The van der Waals surface area contributed by atoms with Gasteiger partial charge in [-0.15, -0.1) is 0 Å². The van der Waals surface area contributed by atoms with Gasteiger partial charge in [0.25, 0.3) is 0 Å². The molecule has 1 heterocycles. The molecule has 0 aliphatic carbocycles. The molecule has 0 aliphatic heterocycles. The zero-order valence-electron chi connectivity index (χ0n) is 14.2. The van der Waals surface area contributed by atoms with Gasteiger partial charge < -0.3 is 15.7 Å². The van der Waals surface area contributed by atoms with E-state index in [0.717, 1.165) is 24.1 Å². The Morgan fingerprint density at radius 3 is 2.62 bits per heavy atom. The second kappa shape index (κ2) is 8.44. The van der Waals surface area contributed by atoms with E-state index in [-0.39, 0.29) is 18.1 Å². The first-order valence-corrected chi connectivity index (χ1v) is 8.07. The highest BCUT2D eigenvalue weighted by Crippen LogP contribution is 2.20. The second-order valence-corrected chi connectivity index (χ2v) is 6.54. The van der Waals surface area contributed by atoms with E-state index in [2.05, 4.69) is 20.7 Å². The number of aromatic nitrogens is 3. The van der Waals surface area contributed by atoms with E-state index in [1.54, 1.807) is 11.0 Å². The first kappa shape index (κ1) is 17.9. The van der Waals surface area contributed by atoms with Crippen molar-refractivity contribution in [2.24, 2.45) is 5.41 Å². The molecule has 0 radical (unpaired) electrons. The molecule has 1 aromatic heterocycles. The Balaban J connectivity index is 1.68. The summed E-state index contributed by atoms with van der Waals surface area (Å²) < 4.78 is 1.68. The lowest BCUT2D eigenvalue weighted by Gasteiger charge is -2.21. The van der Waals surface area contributed by atoms with Gasteiger partial charge in [-0.1, -0.05) is 26.0 Å². The van der Waals surface area contributed by atoms with Crippen LogP contribution in [0.4, 0.5) is 4.79 Å². The molecule has 0 unspecified atom stereocenters. The molecule has 130 valence electrons. The Bertz CT molecular complexity index is 623. The van der Waals surface area contributed by atoms with E-state index in [1.165, 1.54) is 6.33 Å². The lowest BCUT2D eigenvalue weighted by molar-refractivity contribution is 0.148. The van der Waals surface area contributed by atoms with E-state index in [9.17, 15) is 9.90 Å². The number of nitrogens with zero attached hydrogens (tertiary/aromatic N) is 3. The lowest BCUT2D eigenvalue weighted by atomic mass is 9.89. The van der Waals surface area contributed by atoms with Crippen LogP contribution in [0.5, 0.6) is 0 Å². The minimum atomic E-state index is -0.183. The number of hydrogen-bond donors (Lipinski definition) is 3. The van der Waals surface area contributed by atoms with Gasteiger partial charge in [0, 0.05) is 19.7 Å². The van der Waals surface area contributed by atoms with Crippen molar-refractivity contribution in [1.82, 2.24) is 25.4 Å². The van der Waals surface area contributed by atoms with Gasteiger partial charge in [0.05, 0.1) is 5.69 Å². The van der Waals surface area contributed by atoms with Crippen molar-refractivity contribution in [2.75, 3.05) is 13.2 Å². The third-order valence-electron chi connectivity index (χ3n) is 3.82. The summed E-state index contributed by atoms with van der Waals surface area (Å²) in [4.78, 5) is 15.7. The maximum Gasteiger partial charge on any atom is 0.315 e. The predicted octanol–water partition coefficient (Wildman–Crippen LogP) is 1.87. The number of nitrogens with one attached hydrogen (secondary N) is 2. The van der Waals surface area contributed by atoms with Crippen molar-refractivity contribution < 1.29 is 9.90 Å². The topological polar surface area (TPSA) is 92.1 Å². The fraction of sp³-hybridized carbons (Fsp3) is 0.471. The molecule has 0 spiro atoms. The molecule has 2 rings (SSSR count). The van der Waals surface area contributed by atoms with E-state index in [1.807, 2.05) is 38.1 Å². The van der Waals surface area contributed by atoms with Crippen molar-refractivity contribution in [1.29, 1.82) is 0 Å². The van der Waals surface area contributed by atoms with Crippen molar-refractivity contribution in [3.63, 3.8) is 0 Å². The number of aliphatic hydroxyl groups is 1. The van der Waals surface area contributed by atoms with Crippen molar-refractivity contribution >= 4 is 6.03 Å². The molecule has 2 amide bonds. The van der Waals surface area contributed by atoms with Crippen LogP contribution in [0.3, 0.4) is 0 Å². The first-order chi connectivity index (χ1) is 11.5. The average molecular weight is 331 g/mol. The highest BCUT2D eigenvalue weighted by molar-refractivity contribution is 5.73. The Morgan fingerprint density at radius 1 is 1.25 bits per heavy atom. The molecule has 0 fully saturated rings. The van der Waals surface area contributed by atoms with Gasteiger partial charge in [0.15, 0.2) is 0 Å². The van der Waals surface area contributed by atoms with Gasteiger partial charge in [0.1, 0.15) is 12.7 Å². The largest absolute Gasteiger partial charge is 0.396 e. The summed E-state index contributed by atoms with van der Waals surface area (Å²) >= 11 is 0. The van der Waals surface area contributed by atoms with Crippen LogP contribution in [-0.4, -0.2) is 39.1 Å². The molecule has 3 N–H and O–H groups in total. The minimum absolute atomic E-state index is 0.0933. The molecule has 24 heavy (non-hydrogen) atoms. The van der Waals surface area contributed by atoms with Gasteiger partial charge in [-0.25, -0.2) is 14.5 Å². The van der Waals surface area contributed by atoms with E-state index < -0.39 is 0 Å². The zero-order valence-corrected chi connectivity index (χ0v) is 14.2. The third kappa shape index (κ3) is 5.66. The monoisotopic (exact) mass is 331 g/mol. The normalized spacial score (nSPS) is 11.3. The SMILES string of the molecule is CC(C)(CO)CCCNC(=O)NCc1ccc(-n2cncn2)cc1. The first-order valence-electron chi connectivity index (χ1n) is 8.07. The number of hydrogen-bond acceptors (Lipinski definition) is 4. The number of benzene rings is 1. The summed E-state index contributed by atoms with van der Waals surface area (Å²) in [6, 6.07) is 7.57. The maximum absolute atomic E-state index is 11.8. The van der Waals surface area contributed by atoms with E-state index in [0.29, 0.717) is 13.1 Å². The summed E-state index contributed by atoms with van der Waals surface area (Å²) in [5.74, 6) is 0. The number of aliphatic hydroxyl groups excluding tert-OH is 1. The van der Waals surface area contributed by atoms with Crippen LogP contribution >= 0.6 is 0 Å². The van der Waals surface area contributed by atoms with Crippen molar-refractivity contribution in [3.05, 3.63) is 42.5 Å². The quantitative estimate of drug-likeness (QED) is 0.644. The predicted molar refractivity (Wildman–Crippen MR) is 91.7 cm³/mol. The van der Waals surface area contributed by atoms with E-state index in [4.69, 9.17) is 0 Å². The number of rotatable bonds is 8. The molecule has 0 saturated heterocycles. The molecular formula is C17H25N5O2. The molecule has 0 bridgehead atoms. The number of urea groups is 1. The molecule has 0 atom stereocenters. The van der Waals surface area contributed by atoms with Crippen LogP contribution in [0.2, 0.25) is 0 Å². The maximum atomic E-state index is 11.8. The van der Waals surface area contributed by atoms with Crippen molar-refractivity contribution in [3.8, 4) is 5.69 Å². The van der Waals surface area contributed by atoms with Gasteiger partial charge in [0.2, 0.25) is 0 Å². The highest BCUT2D eigenvalue weighted by Gasteiger charge is 2.15. The third-order valence-corrected chi connectivity index (χ3v) is 3.82. The van der Waals surface area contributed by atoms with Crippen LogP contribution < -0.4 is 10.6 Å². The van der Waals surface area contributed by atoms with Gasteiger partial charge in [-0.3, -0.25) is 0 Å². The Hall–Kier alpha value is -2.41. The zero-order chi connectivity index (χ0) is 17.4. The fourth-order valence-electron chi connectivity index (χ4n) is 2.20. The summed E-state index contributed by atoms with van der Waals surface area (Å²) in [6.07, 6.45) is 4.83. The van der Waals surface area contributed by atoms with Gasteiger partial charge >= 0.3 is 6.03 Å². The lowest BCUT2D eigenvalue weighted by Crippen LogP contribution is -2.36. The second-order valence-electron chi connectivity index (χ2n) is 6.54. The van der Waals surface area contributed by atoms with E-state index >= 15 is 0 Å². The summed E-state index contributed by atoms with van der Waals surface area (Å²) in [7, 11) is 0. The van der Waals surface area contributed by atoms with Crippen LogP contribution in [0.25, 0.3) is 5.69 Å².